The molecule has 0 aliphatic carbocycles. The molecular weight excluding hydrogens is 270 g/mol. The predicted octanol–water partition coefficient (Wildman–Crippen LogP) is 4.90. The first-order chi connectivity index (χ1) is 10.6. The maximum Gasteiger partial charge on any atom is 0.230 e. The average Bonchev–Trinajstić information content (AvgIpc) is 2.53. The fraction of sp³-hybridized carbons (Fsp3) is 0.350. The normalized spacial score (nSPS) is 12.2. The van der Waals surface area contributed by atoms with Crippen LogP contribution >= 0.6 is 0 Å². The Morgan fingerprint density at radius 1 is 0.909 bits per heavy atom. The third-order valence-electron chi connectivity index (χ3n) is 3.76. The summed E-state index contributed by atoms with van der Waals surface area (Å²) in [5.74, 6) is 0.751. The van der Waals surface area contributed by atoms with Crippen LogP contribution in [-0.2, 0) is 11.3 Å². The van der Waals surface area contributed by atoms with Crippen LogP contribution in [0.25, 0.3) is 0 Å². The molecule has 0 saturated heterocycles. The lowest BCUT2D eigenvalue weighted by Gasteiger charge is -2.27. The lowest BCUT2D eigenvalue weighted by Crippen LogP contribution is -2.35. The van der Waals surface area contributed by atoms with Gasteiger partial charge in [0, 0.05) is 11.6 Å². The van der Waals surface area contributed by atoms with Crippen molar-refractivity contribution in [1.29, 1.82) is 0 Å². The number of carbonyl (C=O) groups excluding carboxylic acids is 1. The fourth-order valence-corrected chi connectivity index (χ4v) is 2.74. The zero-order valence-electron chi connectivity index (χ0n) is 13.7. The van der Waals surface area contributed by atoms with Crippen molar-refractivity contribution >= 4 is 11.6 Å². The van der Waals surface area contributed by atoms with E-state index in [2.05, 4.69) is 26.0 Å². The van der Waals surface area contributed by atoms with Crippen LogP contribution in [0.15, 0.2) is 60.7 Å². The highest BCUT2D eigenvalue weighted by molar-refractivity contribution is 5.94. The quantitative estimate of drug-likeness (QED) is 0.742. The van der Waals surface area contributed by atoms with E-state index < -0.39 is 0 Å². The molecule has 2 heteroatoms. The molecular formula is C20H25NO. The second kappa shape index (κ2) is 7.79. The van der Waals surface area contributed by atoms with E-state index in [0.29, 0.717) is 12.5 Å². The Hall–Kier alpha value is -2.09. The van der Waals surface area contributed by atoms with Crippen LogP contribution in [0.3, 0.4) is 0 Å². The Balaban J connectivity index is 2.24. The molecule has 116 valence electrons. The van der Waals surface area contributed by atoms with Crippen LogP contribution in [0.1, 0.15) is 32.8 Å². The Morgan fingerprint density at radius 3 is 2.00 bits per heavy atom. The molecule has 0 unspecified atom stereocenters. The largest absolute Gasteiger partial charge is 0.308 e. The summed E-state index contributed by atoms with van der Waals surface area (Å²) in [5, 5.41) is 0. The highest BCUT2D eigenvalue weighted by Crippen LogP contribution is 2.22. The fourth-order valence-electron chi connectivity index (χ4n) is 2.74. The lowest BCUT2D eigenvalue weighted by atomic mass is 9.97. The van der Waals surface area contributed by atoms with E-state index in [-0.39, 0.29) is 11.8 Å². The highest BCUT2D eigenvalue weighted by atomic mass is 16.2. The minimum atomic E-state index is 0.0314. The van der Waals surface area contributed by atoms with Crippen LogP contribution in [0.4, 0.5) is 5.69 Å². The molecule has 0 saturated carbocycles. The number of carbonyl (C=O) groups is 1. The second-order valence-electron chi connectivity index (χ2n) is 6.28. The number of nitrogens with zero attached hydrogens (tertiary/aromatic N) is 1. The van der Waals surface area contributed by atoms with Crippen LogP contribution in [0.2, 0.25) is 0 Å². The Morgan fingerprint density at radius 2 is 1.45 bits per heavy atom. The third-order valence-corrected chi connectivity index (χ3v) is 3.76. The molecule has 2 aromatic rings. The van der Waals surface area contributed by atoms with Gasteiger partial charge in [0.15, 0.2) is 0 Å². The summed E-state index contributed by atoms with van der Waals surface area (Å²) in [6.07, 6.45) is 0.914. The van der Waals surface area contributed by atoms with Crippen LogP contribution < -0.4 is 4.90 Å². The summed E-state index contributed by atoms with van der Waals surface area (Å²) in [6.45, 7) is 6.97. The van der Waals surface area contributed by atoms with Gasteiger partial charge in [-0.05, 0) is 30.0 Å². The number of anilines is 1. The van der Waals surface area contributed by atoms with Gasteiger partial charge in [-0.1, -0.05) is 69.3 Å². The molecule has 0 N–H and O–H groups in total. The van der Waals surface area contributed by atoms with Gasteiger partial charge in [-0.3, -0.25) is 4.79 Å². The van der Waals surface area contributed by atoms with Crippen LogP contribution in [0.5, 0.6) is 0 Å². The zero-order chi connectivity index (χ0) is 15.9. The van der Waals surface area contributed by atoms with Crippen LogP contribution in [0, 0.1) is 11.8 Å². The molecule has 0 fully saturated rings. The SMILES string of the molecule is CC(C)C[C@@H](C)C(=O)N(Cc1ccccc1)c1ccccc1. The Bertz CT molecular complexity index is 577. The predicted molar refractivity (Wildman–Crippen MR) is 92.7 cm³/mol. The molecule has 0 heterocycles. The third kappa shape index (κ3) is 4.45. The molecule has 0 bridgehead atoms. The van der Waals surface area contributed by atoms with Crippen molar-refractivity contribution < 1.29 is 4.79 Å². The van der Waals surface area contributed by atoms with E-state index in [1.807, 2.05) is 60.4 Å². The van der Waals surface area contributed by atoms with Crippen molar-refractivity contribution in [1.82, 2.24) is 0 Å². The van der Waals surface area contributed by atoms with Gasteiger partial charge in [-0.2, -0.15) is 0 Å². The molecule has 2 aromatic carbocycles. The number of para-hydroxylation sites is 1. The summed E-state index contributed by atoms with van der Waals surface area (Å²) in [4.78, 5) is 14.8. The summed E-state index contributed by atoms with van der Waals surface area (Å²) in [7, 11) is 0. The second-order valence-corrected chi connectivity index (χ2v) is 6.28. The number of rotatable bonds is 6. The summed E-state index contributed by atoms with van der Waals surface area (Å²) in [5.41, 5.74) is 2.11. The first kappa shape index (κ1) is 16.3. The van der Waals surface area contributed by atoms with Gasteiger partial charge in [0.1, 0.15) is 0 Å². The van der Waals surface area contributed by atoms with E-state index in [4.69, 9.17) is 0 Å². The maximum atomic E-state index is 12.9. The van der Waals surface area contributed by atoms with E-state index >= 15 is 0 Å². The number of hydrogen-bond donors (Lipinski definition) is 0. The molecule has 2 nitrogen and oxygen atoms in total. The van der Waals surface area contributed by atoms with Crippen molar-refractivity contribution in [3.05, 3.63) is 66.2 Å². The minimum Gasteiger partial charge on any atom is -0.308 e. The molecule has 0 aromatic heterocycles. The minimum absolute atomic E-state index is 0.0314. The van der Waals surface area contributed by atoms with Crippen molar-refractivity contribution in [2.45, 2.75) is 33.7 Å². The van der Waals surface area contributed by atoms with Gasteiger partial charge in [0.05, 0.1) is 6.54 Å². The van der Waals surface area contributed by atoms with Crippen molar-refractivity contribution in [3.63, 3.8) is 0 Å². The molecule has 1 amide bonds. The van der Waals surface area contributed by atoms with E-state index in [1.165, 1.54) is 0 Å². The van der Waals surface area contributed by atoms with E-state index in [9.17, 15) is 4.79 Å². The highest BCUT2D eigenvalue weighted by Gasteiger charge is 2.22. The number of hydrogen-bond acceptors (Lipinski definition) is 1. The number of amides is 1. The molecule has 1 atom stereocenters. The first-order valence-corrected chi connectivity index (χ1v) is 7.98. The molecule has 0 aliphatic heterocycles. The molecule has 22 heavy (non-hydrogen) atoms. The standard InChI is InChI=1S/C20H25NO/c1-16(2)14-17(3)20(22)21(19-12-8-5-9-13-19)15-18-10-6-4-7-11-18/h4-13,16-17H,14-15H2,1-3H3/t17-/m1/s1. The van der Waals surface area contributed by atoms with Gasteiger partial charge in [0.25, 0.3) is 0 Å². The summed E-state index contributed by atoms with van der Waals surface area (Å²) < 4.78 is 0. The van der Waals surface area contributed by atoms with Crippen molar-refractivity contribution in [2.24, 2.45) is 11.8 Å². The molecule has 0 aliphatic rings. The molecule has 0 radical (unpaired) electrons. The smallest absolute Gasteiger partial charge is 0.230 e. The Kier molecular flexibility index (Phi) is 5.76. The Labute approximate surface area is 133 Å². The topological polar surface area (TPSA) is 20.3 Å². The van der Waals surface area contributed by atoms with Gasteiger partial charge in [-0.15, -0.1) is 0 Å². The van der Waals surface area contributed by atoms with Gasteiger partial charge in [0.2, 0.25) is 5.91 Å². The maximum absolute atomic E-state index is 12.9. The van der Waals surface area contributed by atoms with Gasteiger partial charge in [-0.25, -0.2) is 0 Å². The molecule has 2 rings (SSSR count). The van der Waals surface area contributed by atoms with Crippen molar-refractivity contribution in [2.75, 3.05) is 4.90 Å². The monoisotopic (exact) mass is 295 g/mol. The molecule has 0 spiro atoms. The summed E-state index contributed by atoms with van der Waals surface area (Å²) in [6, 6.07) is 20.1. The lowest BCUT2D eigenvalue weighted by molar-refractivity contribution is -0.122. The van der Waals surface area contributed by atoms with E-state index in [0.717, 1.165) is 17.7 Å². The zero-order valence-corrected chi connectivity index (χ0v) is 13.7. The van der Waals surface area contributed by atoms with E-state index in [1.54, 1.807) is 0 Å². The first-order valence-electron chi connectivity index (χ1n) is 7.98. The van der Waals surface area contributed by atoms with Crippen molar-refractivity contribution in [3.8, 4) is 0 Å². The average molecular weight is 295 g/mol. The van der Waals surface area contributed by atoms with Gasteiger partial charge >= 0.3 is 0 Å². The van der Waals surface area contributed by atoms with Gasteiger partial charge < -0.3 is 4.90 Å². The number of benzene rings is 2. The summed E-state index contributed by atoms with van der Waals surface area (Å²) >= 11 is 0. The van der Waals surface area contributed by atoms with Crippen LogP contribution in [-0.4, -0.2) is 5.91 Å².